The molecule has 4 nitrogen and oxygen atoms in total. The van der Waals surface area contributed by atoms with E-state index in [1.54, 1.807) is 24.3 Å². The van der Waals surface area contributed by atoms with Crippen LogP contribution in [0.1, 0.15) is 30.1 Å². The number of hydrogen-bond acceptors (Lipinski definition) is 3. The lowest BCUT2D eigenvalue weighted by atomic mass is 10.1. The standard InChI is InChI=1S/C16H20ClNO3/c1-2-20-14-8-7-13-15(14)21-10-9-18(13)16(19)11-3-5-12(17)6-4-11/h3-6,13-15H,2,7-10H2,1H3/t13-,14-,15+/m0/s1. The zero-order chi connectivity index (χ0) is 14.8. The molecule has 114 valence electrons. The van der Waals surface area contributed by atoms with Crippen LogP contribution in [0.15, 0.2) is 24.3 Å². The van der Waals surface area contributed by atoms with Gasteiger partial charge in [0.25, 0.3) is 5.91 Å². The Morgan fingerprint density at radius 3 is 2.86 bits per heavy atom. The second-order valence-electron chi connectivity index (χ2n) is 5.48. The van der Waals surface area contributed by atoms with Crippen molar-refractivity contribution >= 4 is 17.5 Å². The molecule has 1 aromatic rings. The number of morpholine rings is 1. The monoisotopic (exact) mass is 309 g/mol. The highest BCUT2D eigenvalue weighted by Gasteiger charge is 2.44. The molecule has 0 unspecified atom stereocenters. The summed E-state index contributed by atoms with van der Waals surface area (Å²) in [5.74, 6) is 0.0575. The molecular formula is C16H20ClNO3. The Labute approximate surface area is 130 Å². The molecule has 1 aliphatic heterocycles. The van der Waals surface area contributed by atoms with Gasteiger partial charge in [0.15, 0.2) is 0 Å². The lowest BCUT2D eigenvalue weighted by molar-refractivity contribution is -0.102. The number of carbonyl (C=O) groups excluding carboxylic acids is 1. The normalized spacial score (nSPS) is 28.5. The predicted molar refractivity (Wildman–Crippen MR) is 80.7 cm³/mol. The number of benzene rings is 1. The first-order valence-corrected chi connectivity index (χ1v) is 7.88. The number of nitrogens with zero attached hydrogens (tertiary/aromatic N) is 1. The van der Waals surface area contributed by atoms with Crippen LogP contribution in [0.4, 0.5) is 0 Å². The fourth-order valence-electron chi connectivity index (χ4n) is 3.32. The van der Waals surface area contributed by atoms with Crippen molar-refractivity contribution in [1.82, 2.24) is 4.90 Å². The zero-order valence-corrected chi connectivity index (χ0v) is 12.9. The highest BCUT2D eigenvalue weighted by Crippen LogP contribution is 2.33. The van der Waals surface area contributed by atoms with E-state index in [0.29, 0.717) is 30.3 Å². The van der Waals surface area contributed by atoms with E-state index in [2.05, 4.69) is 0 Å². The van der Waals surface area contributed by atoms with Gasteiger partial charge in [-0.3, -0.25) is 4.79 Å². The molecule has 2 aliphatic rings. The molecule has 0 radical (unpaired) electrons. The van der Waals surface area contributed by atoms with E-state index in [4.69, 9.17) is 21.1 Å². The third-order valence-corrected chi connectivity index (χ3v) is 4.52. The average molecular weight is 310 g/mol. The van der Waals surface area contributed by atoms with Gasteiger partial charge in [0, 0.05) is 23.7 Å². The highest BCUT2D eigenvalue weighted by atomic mass is 35.5. The Morgan fingerprint density at radius 1 is 1.38 bits per heavy atom. The van der Waals surface area contributed by atoms with Crippen LogP contribution >= 0.6 is 11.6 Å². The third-order valence-electron chi connectivity index (χ3n) is 4.27. The Kier molecular flexibility index (Phi) is 4.48. The molecule has 1 saturated heterocycles. The maximum absolute atomic E-state index is 12.7. The summed E-state index contributed by atoms with van der Waals surface area (Å²) in [4.78, 5) is 14.6. The van der Waals surface area contributed by atoms with Crippen LogP contribution < -0.4 is 0 Å². The smallest absolute Gasteiger partial charge is 0.254 e. The summed E-state index contributed by atoms with van der Waals surface area (Å²) >= 11 is 5.88. The van der Waals surface area contributed by atoms with Crippen molar-refractivity contribution in [3.05, 3.63) is 34.9 Å². The van der Waals surface area contributed by atoms with E-state index in [9.17, 15) is 4.79 Å². The van der Waals surface area contributed by atoms with E-state index in [1.807, 2.05) is 11.8 Å². The minimum absolute atomic E-state index is 0.00921. The molecule has 0 aromatic heterocycles. The summed E-state index contributed by atoms with van der Waals surface area (Å²) in [6.45, 7) is 3.89. The highest BCUT2D eigenvalue weighted by molar-refractivity contribution is 6.30. The van der Waals surface area contributed by atoms with Crippen LogP contribution in [0.2, 0.25) is 5.02 Å². The molecular weight excluding hydrogens is 290 g/mol. The van der Waals surface area contributed by atoms with Gasteiger partial charge >= 0.3 is 0 Å². The van der Waals surface area contributed by atoms with Gasteiger partial charge in [-0.1, -0.05) is 11.6 Å². The first-order valence-electron chi connectivity index (χ1n) is 7.50. The molecule has 1 aromatic carbocycles. The number of hydrogen-bond donors (Lipinski definition) is 0. The molecule has 1 aliphatic carbocycles. The SMILES string of the molecule is CCO[C@H]1CC[C@H]2[C@H]1OCCN2C(=O)c1ccc(Cl)cc1. The fraction of sp³-hybridized carbons (Fsp3) is 0.562. The average Bonchev–Trinajstić information content (AvgIpc) is 2.91. The first kappa shape index (κ1) is 14.8. The molecule has 1 heterocycles. The molecule has 3 rings (SSSR count). The van der Waals surface area contributed by atoms with Gasteiger partial charge in [-0.05, 0) is 44.0 Å². The summed E-state index contributed by atoms with van der Waals surface area (Å²) in [7, 11) is 0. The summed E-state index contributed by atoms with van der Waals surface area (Å²) in [6, 6.07) is 7.20. The maximum Gasteiger partial charge on any atom is 0.254 e. The van der Waals surface area contributed by atoms with Crippen LogP contribution in [-0.4, -0.2) is 48.8 Å². The van der Waals surface area contributed by atoms with Crippen LogP contribution in [0.3, 0.4) is 0 Å². The van der Waals surface area contributed by atoms with Gasteiger partial charge in [-0.15, -0.1) is 0 Å². The minimum atomic E-state index is 0.00921. The minimum Gasteiger partial charge on any atom is -0.376 e. The fourth-order valence-corrected chi connectivity index (χ4v) is 3.44. The zero-order valence-electron chi connectivity index (χ0n) is 12.1. The third kappa shape index (κ3) is 2.93. The Morgan fingerprint density at radius 2 is 2.14 bits per heavy atom. The van der Waals surface area contributed by atoms with Gasteiger partial charge in [0.2, 0.25) is 0 Å². The number of rotatable bonds is 3. The van der Waals surface area contributed by atoms with Gasteiger partial charge in [-0.2, -0.15) is 0 Å². The van der Waals surface area contributed by atoms with Crippen molar-refractivity contribution in [2.24, 2.45) is 0 Å². The van der Waals surface area contributed by atoms with Crippen LogP contribution in [-0.2, 0) is 9.47 Å². The van der Waals surface area contributed by atoms with Crippen molar-refractivity contribution < 1.29 is 14.3 Å². The topological polar surface area (TPSA) is 38.8 Å². The predicted octanol–water partition coefficient (Wildman–Crippen LogP) is 2.75. The molecule has 0 bridgehead atoms. The number of fused-ring (bicyclic) bond motifs is 1. The number of carbonyl (C=O) groups is 1. The van der Waals surface area contributed by atoms with Crippen molar-refractivity contribution in [1.29, 1.82) is 0 Å². The van der Waals surface area contributed by atoms with E-state index >= 15 is 0 Å². The second-order valence-corrected chi connectivity index (χ2v) is 5.92. The lowest BCUT2D eigenvalue weighted by Gasteiger charge is -2.39. The van der Waals surface area contributed by atoms with Crippen LogP contribution in [0.25, 0.3) is 0 Å². The summed E-state index contributed by atoms with van der Waals surface area (Å²) < 4.78 is 11.6. The summed E-state index contributed by atoms with van der Waals surface area (Å²) in [6.07, 6.45) is 2.01. The van der Waals surface area contributed by atoms with E-state index in [1.165, 1.54) is 0 Å². The van der Waals surface area contributed by atoms with Crippen molar-refractivity contribution in [3.63, 3.8) is 0 Å². The number of amides is 1. The van der Waals surface area contributed by atoms with Crippen molar-refractivity contribution in [2.75, 3.05) is 19.8 Å². The maximum atomic E-state index is 12.7. The number of ether oxygens (including phenoxy) is 2. The van der Waals surface area contributed by atoms with Crippen LogP contribution in [0.5, 0.6) is 0 Å². The molecule has 1 saturated carbocycles. The number of halogens is 1. The quantitative estimate of drug-likeness (QED) is 0.862. The van der Waals surface area contributed by atoms with Crippen molar-refractivity contribution in [3.8, 4) is 0 Å². The van der Waals surface area contributed by atoms with Gasteiger partial charge in [0.05, 0.1) is 18.8 Å². The lowest BCUT2D eigenvalue weighted by Crippen LogP contribution is -2.53. The molecule has 2 fully saturated rings. The second kappa shape index (κ2) is 6.34. The molecule has 21 heavy (non-hydrogen) atoms. The van der Waals surface area contributed by atoms with Crippen molar-refractivity contribution in [2.45, 2.75) is 38.0 Å². The van der Waals surface area contributed by atoms with Crippen LogP contribution in [0, 0.1) is 0 Å². The summed E-state index contributed by atoms with van der Waals surface area (Å²) in [5.41, 5.74) is 0.680. The molecule has 5 heteroatoms. The Bertz CT molecular complexity index is 505. The van der Waals surface area contributed by atoms with E-state index < -0.39 is 0 Å². The molecule has 0 N–H and O–H groups in total. The largest absolute Gasteiger partial charge is 0.376 e. The summed E-state index contributed by atoms with van der Waals surface area (Å²) in [5, 5.41) is 0.642. The van der Waals surface area contributed by atoms with E-state index in [-0.39, 0.29) is 24.2 Å². The van der Waals surface area contributed by atoms with Gasteiger partial charge in [0.1, 0.15) is 6.10 Å². The molecule has 1 amide bonds. The molecule has 3 atom stereocenters. The first-order chi connectivity index (χ1) is 10.2. The van der Waals surface area contributed by atoms with Gasteiger partial charge in [-0.25, -0.2) is 0 Å². The Hall–Kier alpha value is -1.10. The van der Waals surface area contributed by atoms with Gasteiger partial charge < -0.3 is 14.4 Å². The molecule has 0 spiro atoms. The van der Waals surface area contributed by atoms with E-state index in [0.717, 1.165) is 12.8 Å². The Balaban J connectivity index is 1.76.